The highest BCUT2D eigenvalue weighted by molar-refractivity contribution is 5.54. The molecule has 1 rings (SSSR count). The lowest BCUT2D eigenvalue weighted by Crippen LogP contribution is -2.29. The van der Waals surface area contributed by atoms with Crippen molar-refractivity contribution < 1.29 is 0 Å². The summed E-state index contributed by atoms with van der Waals surface area (Å²) in [6.07, 6.45) is 2.25. The van der Waals surface area contributed by atoms with Gasteiger partial charge < -0.3 is 10.6 Å². The van der Waals surface area contributed by atoms with Crippen molar-refractivity contribution in [2.45, 2.75) is 59.0 Å². The van der Waals surface area contributed by atoms with Crippen LogP contribution in [-0.2, 0) is 0 Å². The highest BCUT2D eigenvalue weighted by Gasteiger charge is 2.13. The second kappa shape index (κ2) is 5.95. The van der Waals surface area contributed by atoms with E-state index in [1.807, 2.05) is 0 Å². The highest BCUT2D eigenvalue weighted by atomic mass is 15.0. The summed E-state index contributed by atoms with van der Waals surface area (Å²) in [5, 5.41) is 7.00. The quantitative estimate of drug-likeness (QED) is 0.757. The van der Waals surface area contributed by atoms with Gasteiger partial charge in [0.2, 0.25) is 0 Å². The molecule has 0 saturated carbocycles. The third-order valence-corrected chi connectivity index (χ3v) is 3.28. The van der Waals surface area contributed by atoms with E-state index in [-0.39, 0.29) is 5.54 Å². The van der Waals surface area contributed by atoms with Crippen molar-refractivity contribution in [1.29, 1.82) is 0 Å². The van der Waals surface area contributed by atoms with Gasteiger partial charge in [0, 0.05) is 23.0 Å². The first-order valence-electron chi connectivity index (χ1n) is 6.61. The van der Waals surface area contributed by atoms with E-state index in [1.165, 1.54) is 11.4 Å². The molecule has 2 N–H and O–H groups in total. The number of benzene rings is 1. The summed E-state index contributed by atoms with van der Waals surface area (Å²) >= 11 is 0. The molecule has 0 aliphatic carbocycles. The standard InChI is InChI=1S/C15H26N2/c1-6-12(3)16-13-8-10-14(11-9-13)17-15(4,5)7-2/h8-12,16-17H,6-7H2,1-5H3. The van der Waals surface area contributed by atoms with Gasteiger partial charge in [-0.05, 0) is 57.9 Å². The molecule has 0 aliphatic rings. The molecule has 0 saturated heterocycles. The Kier molecular flexibility index (Phi) is 4.86. The predicted octanol–water partition coefficient (Wildman–Crippen LogP) is 4.50. The average molecular weight is 234 g/mol. The lowest BCUT2D eigenvalue weighted by molar-refractivity contribution is 0.547. The number of nitrogens with one attached hydrogen (secondary N) is 2. The Labute approximate surface area is 106 Å². The number of anilines is 2. The molecule has 1 aromatic carbocycles. The first kappa shape index (κ1) is 13.9. The largest absolute Gasteiger partial charge is 0.383 e. The van der Waals surface area contributed by atoms with Gasteiger partial charge in [-0.1, -0.05) is 13.8 Å². The van der Waals surface area contributed by atoms with Crippen LogP contribution in [0.3, 0.4) is 0 Å². The van der Waals surface area contributed by atoms with Crippen LogP contribution < -0.4 is 10.6 Å². The van der Waals surface area contributed by atoms with Gasteiger partial charge in [0.25, 0.3) is 0 Å². The smallest absolute Gasteiger partial charge is 0.0345 e. The van der Waals surface area contributed by atoms with Gasteiger partial charge in [-0.2, -0.15) is 0 Å². The van der Waals surface area contributed by atoms with E-state index in [0.717, 1.165) is 12.8 Å². The van der Waals surface area contributed by atoms with E-state index in [2.05, 4.69) is 69.5 Å². The SMILES string of the molecule is CCC(C)Nc1ccc(NC(C)(C)CC)cc1. The van der Waals surface area contributed by atoms with Crippen LogP contribution in [0.2, 0.25) is 0 Å². The molecule has 2 heteroatoms. The van der Waals surface area contributed by atoms with Gasteiger partial charge in [-0.3, -0.25) is 0 Å². The van der Waals surface area contributed by atoms with E-state index in [9.17, 15) is 0 Å². The third kappa shape index (κ3) is 4.68. The maximum atomic E-state index is 3.53. The first-order chi connectivity index (χ1) is 7.96. The van der Waals surface area contributed by atoms with E-state index < -0.39 is 0 Å². The van der Waals surface area contributed by atoms with Crippen molar-refractivity contribution in [2.24, 2.45) is 0 Å². The van der Waals surface area contributed by atoms with Crippen LogP contribution >= 0.6 is 0 Å². The topological polar surface area (TPSA) is 24.1 Å². The fourth-order valence-corrected chi connectivity index (χ4v) is 1.52. The Balaban J connectivity index is 2.62. The Morgan fingerprint density at radius 2 is 1.59 bits per heavy atom. The first-order valence-corrected chi connectivity index (χ1v) is 6.61. The van der Waals surface area contributed by atoms with Crippen molar-refractivity contribution in [2.75, 3.05) is 10.6 Å². The van der Waals surface area contributed by atoms with Crippen molar-refractivity contribution in [3.05, 3.63) is 24.3 Å². The molecule has 17 heavy (non-hydrogen) atoms. The minimum absolute atomic E-state index is 0.158. The number of rotatable bonds is 6. The zero-order valence-corrected chi connectivity index (χ0v) is 11.8. The summed E-state index contributed by atoms with van der Waals surface area (Å²) in [7, 11) is 0. The highest BCUT2D eigenvalue weighted by Crippen LogP contribution is 2.20. The zero-order valence-electron chi connectivity index (χ0n) is 11.8. The second-order valence-electron chi connectivity index (χ2n) is 5.39. The number of hydrogen-bond donors (Lipinski definition) is 2. The van der Waals surface area contributed by atoms with Crippen LogP contribution in [0.15, 0.2) is 24.3 Å². The van der Waals surface area contributed by atoms with E-state index >= 15 is 0 Å². The molecule has 1 atom stereocenters. The van der Waals surface area contributed by atoms with Crippen molar-refractivity contribution in [1.82, 2.24) is 0 Å². The van der Waals surface area contributed by atoms with E-state index in [1.54, 1.807) is 0 Å². The third-order valence-electron chi connectivity index (χ3n) is 3.28. The molecular formula is C15H26N2. The van der Waals surface area contributed by atoms with Gasteiger partial charge in [-0.15, -0.1) is 0 Å². The molecule has 1 aromatic rings. The number of hydrogen-bond acceptors (Lipinski definition) is 2. The summed E-state index contributed by atoms with van der Waals surface area (Å²) in [6, 6.07) is 9.09. The van der Waals surface area contributed by atoms with Crippen LogP contribution in [0.25, 0.3) is 0 Å². The van der Waals surface area contributed by atoms with Crippen LogP contribution in [0, 0.1) is 0 Å². The van der Waals surface area contributed by atoms with E-state index in [4.69, 9.17) is 0 Å². The summed E-state index contributed by atoms with van der Waals surface area (Å²) in [4.78, 5) is 0. The Hall–Kier alpha value is -1.18. The lowest BCUT2D eigenvalue weighted by atomic mass is 10.0. The molecule has 0 aromatic heterocycles. The van der Waals surface area contributed by atoms with E-state index in [0.29, 0.717) is 6.04 Å². The monoisotopic (exact) mass is 234 g/mol. The fraction of sp³-hybridized carbons (Fsp3) is 0.600. The van der Waals surface area contributed by atoms with Gasteiger partial charge in [-0.25, -0.2) is 0 Å². The molecule has 0 heterocycles. The molecule has 1 unspecified atom stereocenters. The van der Waals surface area contributed by atoms with Gasteiger partial charge in [0.15, 0.2) is 0 Å². The summed E-state index contributed by atoms with van der Waals surface area (Å²) in [6.45, 7) is 11.0. The maximum absolute atomic E-state index is 3.53. The fourth-order valence-electron chi connectivity index (χ4n) is 1.52. The van der Waals surface area contributed by atoms with Crippen molar-refractivity contribution >= 4 is 11.4 Å². The van der Waals surface area contributed by atoms with Crippen LogP contribution in [0.1, 0.15) is 47.5 Å². The van der Waals surface area contributed by atoms with Crippen LogP contribution in [-0.4, -0.2) is 11.6 Å². The molecule has 0 radical (unpaired) electrons. The van der Waals surface area contributed by atoms with Crippen molar-refractivity contribution in [3.8, 4) is 0 Å². The zero-order chi connectivity index (χ0) is 12.9. The Morgan fingerprint density at radius 1 is 1.06 bits per heavy atom. The Bertz CT molecular complexity index is 327. The Morgan fingerprint density at radius 3 is 2.06 bits per heavy atom. The molecule has 0 aliphatic heterocycles. The molecule has 0 bridgehead atoms. The van der Waals surface area contributed by atoms with Crippen LogP contribution in [0.4, 0.5) is 11.4 Å². The molecule has 0 spiro atoms. The second-order valence-corrected chi connectivity index (χ2v) is 5.39. The van der Waals surface area contributed by atoms with Crippen LogP contribution in [0.5, 0.6) is 0 Å². The summed E-state index contributed by atoms with van der Waals surface area (Å²) in [5.41, 5.74) is 2.54. The molecule has 0 fully saturated rings. The molecule has 2 nitrogen and oxygen atoms in total. The summed E-state index contributed by atoms with van der Waals surface area (Å²) < 4.78 is 0. The normalized spacial score (nSPS) is 13.2. The van der Waals surface area contributed by atoms with Crippen molar-refractivity contribution in [3.63, 3.8) is 0 Å². The maximum Gasteiger partial charge on any atom is 0.0345 e. The summed E-state index contributed by atoms with van der Waals surface area (Å²) in [5.74, 6) is 0. The van der Waals surface area contributed by atoms with Gasteiger partial charge in [0.1, 0.15) is 0 Å². The lowest BCUT2D eigenvalue weighted by Gasteiger charge is -2.26. The minimum atomic E-state index is 0.158. The predicted molar refractivity (Wildman–Crippen MR) is 77.8 cm³/mol. The average Bonchev–Trinajstić information content (AvgIpc) is 2.31. The molecule has 0 amide bonds. The van der Waals surface area contributed by atoms with Gasteiger partial charge >= 0.3 is 0 Å². The van der Waals surface area contributed by atoms with Gasteiger partial charge in [0.05, 0.1) is 0 Å². The molecule has 96 valence electrons. The minimum Gasteiger partial charge on any atom is -0.383 e. The molecular weight excluding hydrogens is 208 g/mol.